The molecule has 0 spiro atoms. The lowest BCUT2D eigenvalue weighted by Crippen LogP contribution is -2.18. The van der Waals surface area contributed by atoms with Crippen molar-refractivity contribution in [1.82, 2.24) is 19.5 Å². The van der Waals surface area contributed by atoms with Crippen LogP contribution in [0.15, 0.2) is 53.3 Å². The standard InChI is InChI=1S/C21H20N6O3/c1-30-16-5-3-2-4-15(16)11-27-20-17(24-21(27)29)19(23-12-28)25-18(26-20)14-8-6-13(10-22)7-9-14/h2-9,12H,10-11,22H2,1H3,(H,24,29)(H,23,25,26,28). The number of aromatic nitrogens is 4. The monoisotopic (exact) mass is 404 g/mol. The van der Waals surface area contributed by atoms with Crippen molar-refractivity contribution < 1.29 is 9.53 Å². The summed E-state index contributed by atoms with van der Waals surface area (Å²) < 4.78 is 6.88. The predicted octanol–water partition coefficient (Wildman–Crippen LogP) is 1.87. The molecule has 0 saturated heterocycles. The van der Waals surface area contributed by atoms with Crippen LogP contribution in [0.4, 0.5) is 5.82 Å². The molecule has 2 aromatic heterocycles. The van der Waals surface area contributed by atoms with Gasteiger partial charge in [0, 0.05) is 17.7 Å². The normalized spacial score (nSPS) is 10.9. The number of H-pyrrole nitrogens is 1. The fourth-order valence-electron chi connectivity index (χ4n) is 3.26. The molecular formula is C21H20N6O3. The molecule has 152 valence electrons. The molecule has 0 aliphatic carbocycles. The zero-order valence-electron chi connectivity index (χ0n) is 16.3. The number of hydrogen-bond acceptors (Lipinski definition) is 6. The Hall–Kier alpha value is -3.98. The summed E-state index contributed by atoms with van der Waals surface area (Å²) in [5.74, 6) is 1.27. The van der Waals surface area contributed by atoms with E-state index < -0.39 is 0 Å². The van der Waals surface area contributed by atoms with Gasteiger partial charge in [0.25, 0.3) is 0 Å². The lowest BCUT2D eigenvalue weighted by molar-refractivity contribution is -0.105. The Labute approximate surface area is 171 Å². The van der Waals surface area contributed by atoms with Crippen LogP contribution in [-0.4, -0.2) is 33.0 Å². The van der Waals surface area contributed by atoms with Crippen molar-refractivity contribution in [3.05, 3.63) is 70.1 Å². The fourth-order valence-corrected chi connectivity index (χ4v) is 3.26. The van der Waals surface area contributed by atoms with Crippen LogP contribution in [0, 0.1) is 0 Å². The first kappa shape index (κ1) is 19.3. The van der Waals surface area contributed by atoms with E-state index in [-0.39, 0.29) is 18.1 Å². The van der Waals surface area contributed by atoms with Gasteiger partial charge in [-0.05, 0) is 11.6 Å². The Balaban J connectivity index is 1.88. The molecule has 0 radical (unpaired) electrons. The summed E-state index contributed by atoms with van der Waals surface area (Å²) in [5.41, 5.74) is 8.56. The van der Waals surface area contributed by atoms with Gasteiger partial charge in [-0.1, -0.05) is 42.5 Å². The van der Waals surface area contributed by atoms with Gasteiger partial charge in [0.15, 0.2) is 17.3 Å². The number of nitrogens with two attached hydrogens (primary N) is 1. The van der Waals surface area contributed by atoms with Crippen molar-refractivity contribution in [2.75, 3.05) is 12.4 Å². The molecule has 0 unspecified atom stereocenters. The summed E-state index contributed by atoms with van der Waals surface area (Å²) in [5, 5.41) is 2.55. The number of aromatic amines is 1. The van der Waals surface area contributed by atoms with E-state index in [4.69, 9.17) is 10.5 Å². The van der Waals surface area contributed by atoms with Gasteiger partial charge in [-0.25, -0.2) is 14.8 Å². The van der Waals surface area contributed by atoms with E-state index in [2.05, 4.69) is 20.3 Å². The van der Waals surface area contributed by atoms with Gasteiger partial charge in [-0.15, -0.1) is 0 Å². The molecule has 0 fully saturated rings. The Morgan fingerprint density at radius 2 is 1.93 bits per heavy atom. The summed E-state index contributed by atoms with van der Waals surface area (Å²) in [7, 11) is 1.58. The minimum absolute atomic E-state index is 0.226. The number of amides is 1. The van der Waals surface area contributed by atoms with Gasteiger partial charge in [0.1, 0.15) is 11.3 Å². The molecule has 4 aromatic rings. The van der Waals surface area contributed by atoms with Gasteiger partial charge < -0.3 is 20.8 Å². The van der Waals surface area contributed by atoms with Crippen molar-refractivity contribution in [1.29, 1.82) is 0 Å². The number of carbonyl (C=O) groups excluding carboxylic acids is 1. The van der Waals surface area contributed by atoms with E-state index in [1.807, 2.05) is 48.5 Å². The lowest BCUT2D eigenvalue weighted by Gasteiger charge is -2.10. The molecule has 4 rings (SSSR count). The number of benzene rings is 2. The first-order valence-corrected chi connectivity index (χ1v) is 9.26. The maximum Gasteiger partial charge on any atom is 0.328 e. The largest absolute Gasteiger partial charge is 0.496 e. The third-order valence-corrected chi connectivity index (χ3v) is 4.79. The third kappa shape index (κ3) is 3.53. The second kappa shape index (κ2) is 8.18. The first-order chi connectivity index (χ1) is 14.6. The number of nitrogens with zero attached hydrogens (tertiary/aromatic N) is 3. The smallest absolute Gasteiger partial charge is 0.328 e. The summed E-state index contributed by atoms with van der Waals surface area (Å²) in [6, 6.07) is 14.9. The molecule has 1 amide bonds. The zero-order valence-corrected chi connectivity index (χ0v) is 16.3. The number of para-hydroxylation sites is 1. The molecular weight excluding hydrogens is 384 g/mol. The van der Waals surface area contributed by atoms with E-state index in [0.717, 1.165) is 16.7 Å². The minimum Gasteiger partial charge on any atom is -0.496 e. The summed E-state index contributed by atoms with van der Waals surface area (Å²) in [6.45, 7) is 0.667. The highest BCUT2D eigenvalue weighted by Crippen LogP contribution is 2.25. The van der Waals surface area contributed by atoms with E-state index in [0.29, 0.717) is 35.7 Å². The molecule has 0 bridgehead atoms. The van der Waals surface area contributed by atoms with Crippen molar-refractivity contribution >= 4 is 23.4 Å². The fraction of sp³-hybridized carbons (Fsp3) is 0.143. The molecule has 9 nitrogen and oxygen atoms in total. The number of nitrogens with one attached hydrogen (secondary N) is 2. The minimum atomic E-state index is -0.366. The molecule has 0 aliphatic heterocycles. The molecule has 0 saturated carbocycles. The van der Waals surface area contributed by atoms with E-state index >= 15 is 0 Å². The number of hydrogen-bond donors (Lipinski definition) is 3. The highest BCUT2D eigenvalue weighted by atomic mass is 16.5. The summed E-state index contributed by atoms with van der Waals surface area (Å²) in [4.78, 5) is 35.6. The number of fused-ring (bicyclic) bond motifs is 1. The third-order valence-electron chi connectivity index (χ3n) is 4.79. The van der Waals surface area contributed by atoms with Crippen LogP contribution in [0.5, 0.6) is 5.75 Å². The number of rotatable bonds is 7. The highest BCUT2D eigenvalue weighted by molar-refractivity contribution is 5.90. The van der Waals surface area contributed by atoms with Gasteiger partial charge in [0.05, 0.1) is 13.7 Å². The van der Waals surface area contributed by atoms with Gasteiger partial charge in [0.2, 0.25) is 6.41 Å². The van der Waals surface area contributed by atoms with E-state index in [1.165, 1.54) is 4.57 Å². The van der Waals surface area contributed by atoms with Crippen LogP contribution >= 0.6 is 0 Å². The highest BCUT2D eigenvalue weighted by Gasteiger charge is 2.17. The molecule has 0 atom stereocenters. The molecule has 4 N–H and O–H groups in total. The van der Waals surface area contributed by atoms with Crippen LogP contribution in [0.1, 0.15) is 11.1 Å². The second-order valence-corrected chi connectivity index (χ2v) is 6.59. The lowest BCUT2D eigenvalue weighted by atomic mass is 10.1. The topological polar surface area (TPSA) is 128 Å². The van der Waals surface area contributed by atoms with Crippen molar-refractivity contribution in [3.63, 3.8) is 0 Å². The number of carbonyl (C=O) groups is 1. The summed E-state index contributed by atoms with van der Waals surface area (Å²) in [6.07, 6.45) is 0.513. The number of imidazole rings is 1. The van der Waals surface area contributed by atoms with E-state index in [1.54, 1.807) is 7.11 Å². The van der Waals surface area contributed by atoms with Gasteiger partial charge >= 0.3 is 5.69 Å². The van der Waals surface area contributed by atoms with Gasteiger partial charge in [-0.2, -0.15) is 0 Å². The average molecular weight is 404 g/mol. The molecule has 0 aliphatic rings. The number of anilines is 1. The molecule has 9 heteroatoms. The average Bonchev–Trinajstić information content (AvgIpc) is 3.10. The van der Waals surface area contributed by atoms with Crippen LogP contribution in [0.2, 0.25) is 0 Å². The van der Waals surface area contributed by atoms with E-state index in [9.17, 15) is 9.59 Å². The first-order valence-electron chi connectivity index (χ1n) is 9.26. The Bertz CT molecular complexity index is 1260. The quantitative estimate of drug-likeness (QED) is 0.404. The maximum atomic E-state index is 12.7. The Morgan fingerprint density at radius 1 is 1.17 bits per heavy atom. The Morgan fingerprint density at radius 3 is 2.63 bits per heavy atom. The van der Waals surface area contributed by atoms with Crippen LogP contribution in [0.25, 0.3) is 22.6 Å². The van der Waals surface area contributed by atoms with Crippen LogP contribution < -0.4 is 21.5 Å². The maximum absolute atomic E-state index is 12.7. The Kier molecular flexibility index (Phi) is 5.27. The molecule has 2 heterocycles. The van der Waals surface area contributed by atoms with Gasteiger partial charge in [-0.3, -0.25) is 9.36 Å². The molecule has 2 aromatic carbocycles. The second-order valence-electron chi connectivity index (χ2n) is 6.59. The molecule has 30 heavy (non-hydrogen) atoms. The SMILES string of the molecule is COc1ccccc1Cn1c(=O)[nH]c2c(NC=O)nc(-c3ccc(CN)cc3)nc21. The predicted molar refractivity (Wildman–Crippen MR) is 113 cm³/mol. The van der Waals surface area contributed by atoms with Crippen molar-refractivity contribution in [3.8, 4) is 17.1 Å². The number of ether oxygens (including phenoxy) is 1. The summed E-state index contributed by atoms with van der Waals surface area (Å²) >= 11 is 0. The van der Waals surface area contributed by atoms with Crippen LogP contribution in [0.3, 0.4) is 0 Å². The van der Waals surface area contributed by atoms with Crippen molar-refractivity contribution in [2.45, 2.75) is 13.1 Å². The van der Waals surface area contributed by atoms with Crippen LogP contribution in [-0.2, 0) is 17.9 Å². The number of methoxy groups -OCH3 is 1. The van der Waals surface area contributed by atoms with Crippen molar-refractivity contribution in [2.24, 2.45) is 5.73 Å². The zero-order chi connectivity index (χ0) is 21.1.